The second-order valence-corrected chi connectivity index (χ2v) is 6.04. The van der Waals surface area contributed by atoms with Crippen LogP contribution in [0.25, 0.3) is 0 Å². The van der Waals surface area contributed by atoms with Crippen LogP contribution in [0, 0.1) is 5.41 Å². The number of benzene rings is 1. The van der Waals surface area contributed by atoms with Crippen LogP contribution in [0.4, 0.5) is 5.69 Å². The number of ketones is 1. The fourth-order valence-electron chi connectivity index (χ4n) is 2.88. The molecule has 1 amide bonds. The quantitative estimate of drug-likeness (QED) is 0.628. The van der Waals surface area contributed by atoms with Gasteiger partial charge in [-0.2, -0.15) is 0 Å². The lowest BCUT2D eigenvalue weighted by Crippen LogP contribution is -2.44. The molecule has 0 aromatic heterocycles. The Hall–Kier alpha value is -1.20. The minimum atomic E-state index is -0.405. The van der Waals surface area contributed by atoms with Crippen LogP contribution in [0.2, 0.25) is 0 Å². The highest BCUT2D eigenvalue weighted by atomic mass is 79.9. The third-order valence-corrected chi connectivity index (χ3v) is 5.40. The monoisotopic (exact) mass is 337 g/mol. The fourth-order valence-corrected chi connectivity index (χ4v) is 3.62. The molecule has 4 nitrogen and oxygen atoms in total. The van der Waals surface area contributed by atoms with Crippen molar-refractivity contribution in [2.24, 2.45) is 5.41 Å². The molecule has 5 heteroatoms. The third-order valence-electron chi connectivity index (χ3n) is 4.21. The number of ether oxygens (including phenoxy) is 1. The molecule has 2 aliphatic heterocycles. The Morgan fingerprint density at radius 3 is 2.60 bits per heavy atom. The Kier molecular flexibility index (Phi) is 3.65. The number of hydrogen-bond acceptors (Lipinski definition) is 3. The molecule has 1 fully saturated rings. The number of halogens is 1. The van der Waals surface area contributed by atoms with Crippen LogP contribution in [-0.4, -0.2) is 36.8 Å². The number of carbonyl (C=O) groups excluding carboxylic acids is 2. The van der Waals surface area contributed by atoms with Crippen molar-refractivity contribution in [1.29, 1.82) is 0 Å². The largest absolute Gasteiger partial charge is 0.381 e. The van der Waals surface area contributed by atoms with Gasteiger partial charge in [0.25, 0.3) is 11.7 Å². The van der Waals surface area contributed by atoms with E-state index in [2.05, 4.69) is 15.9 Å². The molecule has 0 atom stereocenters. The molecule has 1 saturated heterocycles. The number of hydrogen-bond donors (Lipinski definition) is 0. The maximum absolute atomic E-state index is 12.2. The van der Waals surface area contributed by atoms with Crippen LogP contribution in [0.5, 0.6) is 0 Å². The SMILES string of the molecule is O=C1C(=O)N(CC2(CBr)CCOCC2)c2ccccc21. The second kappa shape index (κ2) is 5.30. The minimum Gasteiger partial charge on any atom is -0.381 e. The van der Waals surface area contributed by atoms with Gasteiger partial charge in [-0.1, -0.05) is 28.1 Å². The van der Waals surface area contributed by atoms with Crippen LogP contribution in [0.1, 0.15) is 23.2 Å². The van der Waals surface area contributed by atoms with Gasteiger partial charge in [-0.05, 0) is 25.0 Å². The number of carbonyl (C=O) groups is 2. The molecule has 2 aliphatic rings. The second-order valence-electron chi connectivity index (χ2n) is 5.48. The van der Waals surface area contributed by atoms with E-state index in [0.29, 0.717) is 25.3 Å². The summed E-state index contributed by atoms with van der Waals surface area (Å²) in [4.78, 5) is 25.9. The van der Waals surface area contributed by atoms with Gasteiger partial charge in [0.1, 0.15) is 0 Å². The lowest BCUT2D eigenvalue weighted by molar-refractivity contribution is -0.114. The Labute approximate surface area is 126 Å². The molecule has 106 valence electrons. The van der Waals surface area contributed by atoms with Crippen molar-refractivity contribution in [3.63, 3.8) is 0 Å². The molecule has 0 saturated carbocycles. The molecule has 0 N–H and O–H groups in total. The van der Waals surface area contributed by atoms with Crippen molar-refractivity contribution in [1.82, 2.24) is 0 Å². The highest BCUT2D eigenvalue weighted by molar-refractivity contribution is 9.09. The van der Waals surface area contributed by atoms with Gasteiger partial charge in [0.2, 0.25) is 0 Å². The van der Waals surface area contributed by atoms with Crippen molar-refractivity contribution in [2.75, 3.05) is 30.0 Å². The van der Waals surface area contributed by atoms with Crippen molar-refractivity contribution < 1.29 is 14.3 Å². The van der Waals surface area contributed by atoms with E-state index < -0.39 is 11.7 Å². The third kappa shape index (κ3) is 2.19. The van der Waals surface area contributed by atoms with Crippen LogP contribution in [-0.2, 0) is 9.53 Å². The van der Waals surface area contributed by atoms with Gasteiger partial charge in [-0.25, -0.2) is 0 Å². The summed E-state index contributed by atoms with van der Waals surface area (Å²) in [6, 6.07) is 7.23. The van der Waals surface area contributed by atoms with Crippen LogP contribution in [0.3, 0.4) is 0 Å². The van der Waals surface area contributed by atoms with E-state index in [1.54, 1.807) is 17.0 Å². The molecule has 20 heavy (non-hydrogen) atoms. The number of anilines is 1. The Morgan fingerprint density at radius 1 is 1.20 bits per heavy atom. The van der Waals surface area contributed by atoms with Crippen molar-refractivity contribution >= 4 is 33.3 Å². The lowest BCUT2D eigenvalue weighted by Gasteiger charge is -2.38. The predicted molar refractivity (Wildman–Crippen MR) is 79.4 cm³/mol. The number of fused-ring (bicyclic) bond motifs is 1. The molecule has 1 aromatic carbocycles. The van der Waals surface area contributed by atoms with Gasteiger partial charge in [-0.3, -0.25) is 9.59 Å². The summed E-state index contributed by atoms with van der Waals surface area (Å²) in [6.45, 7) is 2.00. The summed E-state index contributed by atoms with van der Waals surface area (Å²) < 4.78 is 5.42. The number of Topliss-reactive ketones (excluding diaryl/α,β-unsaturated/α-hetero) is 1. The number of alkyl halides is 1. The highest BCUT2D eigenvalue weighted by Gasteiger charge is 2.41. The minimum absolute atomic E-state index is 0.00829. The summed E-state index contributed by atoms with van der Waals surface area (Å²) in [5, 5.41) is 0.809. The lowest BCUT2D eigenvalue weighted by atomic mass is 9.82. The smallest absolute Gasteiger partial charge is 0.299 e. The maximum atomic E-state index is 12.2. The summed E-state index contributed by atoms with van der Waals surface area (Å²) in [7, 11) is 0. The molecule has 3 rings (SSSR count). The van der Waals surface area contributed by atoms with E-state index in [1.807, 2.05) is 12.1 Å². The first-order chi connectivity index (χ1) is 9.67. The van der Waals surface area contributed by atoms with E-state index >= 15 is 0 Å². The van der Waals surface area contributed by atoms with Crippen LogP contribution < -0.4 is 4.90 Å². The summed E-state index contributed by atoms with van der Waals surface area (Å²) in [5.74, 6) is -0.796. The first-order valence-corrected chi connectivity index (χ1v) is 7.88. The Morgan fingerprint density at radius 2 is 1.90 bits per heavy atom. The van der Waals surface area contributed by atoms with Gasteiger partial charge in [0.05, 0.1) is 11.3 Å². The standard InChI is InChI=1S/C15H16BrNO3/c16-9-15(5-7-20-8-6-15)10-17-12-4-2-1-3-11(12)13(18)14(17)19/h1-4H,5-10H2. The molecule has 0 radical (unpaired) electrons. The molecular weight excluding hydrogens is 322 g/mol. The van der Waals surface area contributed by atoms with Crippen molar-refractivity contribution in [2.45, 2.75) is 12.8 Å². The normalized spacial score (nSPS) is 21.1. The molecule has 0 aliphatic carbocycles. The van der Waals surface area contributed by atoms with Gasteiger partial charge in [0, 0.05) is 30.5 Å². The zero-order chi connectivity index (χ0) is 14.2. The van der Waals surface area contributed by atoms with E-state index in [1.165, 1.54) is 0 Å². The number of nitrogens with zero attached hydrogens (tertiary/aromatic N) is 1. The first kappa shape index (κ1) is 13.8. The highest BCUT2D eigenvalue weighted by Crippen LogP contribution is 2.37. The van der Waals surface area contributed by atoms with E-state index in [0.717, 1.165) is 23.9 Å². The van der Waals surface area contributed by atoms with Gasteiger partial charge >= 0.3 is 0 Å². The van der Waals surface area contributed by atoms with Crippen LogP contribution in [0.15, 0.2) is 24.3 Å². The summed E-state index contributed by atoms with van der Waals surface area (Å²) in [6.07, 6.45) is 1.80. The van der Waals surface area contributed by atoms with Crippen molar-refractivity contribution in [3.05, 3.63) is 29.8 Å². The average Bonchev–Trinajstić information content (AvgIpc) is 2.74. The van der Waals surface area contributed by atoms with Crippen molar-refractivity contribution in [3.8, 4) is 0 Å². The van der Waals surface area contributed by atoms with E-state index in [4.69, 9.17) is 4.74 Å². The molecule has 2 heterocycles. The predicted octanol–water partition coefficient (Wildman–Crippen LogP) is 2.41. The zero-order valence-electron chi connectivity index (χ0n) is 11.1. The average molecular weight is 338 g/mol. The van der Waals surface area contributed by atoms with E-state index in [-0.39, 0.29) is 5.41 Å². The topological polar surface area (TPSA) is 46.6 Å². The maximum Gasteiger partial charge on any atom is 0.299 e. The van der Waals surface area contributed by atoms with Gasteiger partial charge in [-0.15, -0.1) is 0 Å². The first-order valence-electron chi connectivity index (χ1n) is 6.76. The molecule has 0 bridgehead atoms. The Bertz CT molecular complexity index is 552. The molecule has 1 aromatic rings. The van der Waals surface area contributed by atoms with Gasteiger partial charge in [0.15, 0.2) is 0 Å². The number of amides is 1. The number of rotatable bonds is 3. The molecule has 0 unspecified atom stereocenters. The zero-order valence-corrected chi connectivity index (χ0v) is 12.7. The fraction of sp³-hybridized carbons (Fsp3) is 0.467. The molecule has 0 spiro atoms. The number of para-hydroxylation sites is 1. The Balaban J connectivity index is 1.90. The summed E-state index contributed by atoms with van der Waals surface area (Å²) >= 11 is 3.57. The van der Waals surface area contributed by atoms with Crippen LogP contribution >= 0.6 is 15.9 Å². The van der Waals surface area contributed by atoms with E-state index in [9.17, 15) is 9.59 Å². The van der Waals surface area contributed by atoms with Gasteiger partial charge < -0.3 is 9.64 Å². The molecular formula is C15H16BrNO3. The summed E-state index contributed by atoms with van der Waals surface area (Å²) in [5.41, 5.74) is 1.26.